The lowest BCUT2D eigenvalue weighted by Gasteiger charge is -2.23. The fraction of sp³-hybridized carbons (Fsp3) is 0.917. The maximum Gasteiger partial charge on any atom is 0.224 e. The first-order valence-corrected chi connectivity index (χ1v) is 8.62. The van der Waals surface area contributed by atoms with E-state index in [-0.39, 0.29) is 23.0 Å². The predicted molar refractivity (Wildman–Crippen MR) is 70.0 cm³/mol. The summed E-state index contributed by atoms with van der Waals surface area (Å²) in [7, 11) is -2.96. The van der Waals surface area contributed by atoms with Crippen LogP contribution in [0.3, 0.4) is 0 Å². The lowest BCUT2D eigenvalue weighted by atomic mass is 9.98. The largest absolute Gasteiger partial charge is 0.355 e. The molecule has 5 nitrogen and oxygen atoms in total. The molecule has 104 valence electrons. The van der Waals surface area contributed by atoms with Crippen molar-refractivity contribution in [1.82, 2.24) is 10.6 Å². The van der Waals surface area contributed by atoms with Gasteiger partial charge in [-0.3, -0.25) is 4.79 Å². The molecule has 0 bridgehead atoms. The number of piperidine rings is 1. The zero-order valence-corrected chi connectivity index (χ0v) is 11.7. The highest BCUT2D eigenvalue weighted by molar-refractivity contribution is 7.90. The molecule has 1 saturated heterocycles. The van der Waals surface area contributed by atoms with Gasteiger partial charge in [0.1, 0.15) is 9.84 Å². The smallest absolute Gasteiger partial charge is 0.224 e. The van der Waals surface area contributed by atoms with E-state index in [9.17, 15) is 13.2 Å². The number of nitrogens with one attached hydrogen (secondary N) is 2. The monoisotopic (exact) mass is 274 g/mol. The molecule has 1 aliphatic heterocycles. The minimum atomic E-state index is -2.96. The van der Waals surface area contributed by atoms with Crippen LogP contribution in [-0.2, 0) is 14.6 Å². The standard InChI is InChI=1S/C12H22N2O3S/c1-18(16,17)9-12(4-5-12)8-14-11(15)10-3-2-6-13-7-10/h10,13H,2-9H2,1H3,(H,14,15). The Bertz CT molecular complexity index is 409. The highest BCUT2D eigenvalue weighted by Crippen LogP contribution is 2.46. The van der Waals surface area contributed by atoms with Crippen LogP contribution in [0.15, 0.2) is 0 Å². The van der Waals surface area contributed by atoms with Gasteiger partial charge in [-0.2, -0.15) is 0 Å². The van der Waals surface area contributed by atoms with Crippen LogP contribution >= 0.6 is 0 Å². The summed E-state index contributed by atoms with van der Waals surface area (Å²) in [5.41, 5.74) is -0.175. The molecule has 1 aliphatic carbocycles. The molecule has 0 spiro atoms. The molecule has 2 aliphatic rings. The summed E-state index contributed by atoms with van der Waals surface area (Å²) in [5.74, 6) is 0.318. The Morgan fingerprint density at radius 3 is 2.67 bits per heavy atom. The number of carbonyl (C=O) groups is 1. The molecule has 1 saturated carbocycles. The van der Waals surface area contributed by atoms with E-state index in [1.165, 1.54) is 6.26 Å². The van der Waals surface area contributed by atoms with Crippen molar-refractivity contribution < 1.29 is 13.2 Å². The number of hydrogen-bond donors (Lipinski definition) is 2. The van der Waals surface area contributed by atoms with Crippen LogP contribution in [0.4, 0.5) is 0 Å². The summed E-state index contributed by atoms with van der Waals surface area (Å²) in [6.07, 6.45) is 5.04. The van der Waals surface area contributed by atoms with E-state index >= 15 is 0 Å². The van der Waals surface area contributed by atoms with Gasteiger partial charge in [0, 0.05) is 24.8 Å². The summed E-state index contributed by atoms with van der Waals surface area (Å²) < 4.78 is 22.6. The molecule has 1 atom stereocenters. The number of carbonyl (C=O) groups excluding carboxylic acids is 1. The summed E-state index contributed by atoms with van der Waals surface area (Å²) in [6, 6.07) is 0. The average Bonchev–Trinajstić information content (AvgIpc) is 3.05. The number of sulfone groups is 1. The molecule has 1 heterocycles. The van der Waals surface area contributed by atoms with E-state index in [1.807, 2.05) is 0 Å². The van der Waals surface area contributed by atoms with E-state index in [0.717, 1.165) is 38.8 Å². The van der Waals surface area contributed by atoms with Gasteiger partial charge in [-0.05, 0) is 32.2 Å². The fourth-order valence-electron chi connectivity index (χ4n) is 2.60. The minimum Gasteiger partial charge on any atom is -0.355 e. The van der Waals surface area contributed by atoms with Crippen LogP contribution in [0.5, 0.6) is 0 Å². The van der Waals surface area contributed by atoms with Crippen molar-refractivity contribution >= 4 is 15.7 Å². The number of rotatable bonds is 5. The molecule has 1 unspecified atom stereocenters. The Kier molecular flexibility index (Phi) is 3.96. The third-order valence-corrected chi connectivity index (χ3v) is 4.97. The molecule has 0 radical (unpaired) electrons. The van der Waals surface area contributed by atoms with E-state index < -0.39 is 9.84 Å². The van der Waals surface area contributed by atoms with Gasteiger partial charge >= 0.3 is 0 Å². The van der Waals surface area contributed by atoms with Gasteiger partial charge in [-0.1, -0.05) is 0 Å². The van der Waals surface area contributed by atoms with Gasteiger partial charge in [0.15, 0.2) is 0 Å². The van der Waals surface area contributed by atoms with Crippen molar-refractivity contribution in [2.24, 2.45) is 11.3 Å². The van der Waals surface area contributed by atoms with Gasteiger partial charge in [0.25, 0.3) is 0 Å². The van der Waals surface area contributed by atoms with Crippen molar-refractivity contribution in [3.63, 3.8) is 0 Å². The van der Waals surface area contributed by atoms with Crippen LogP contribution in [0, 0.1) is 11.3 Å². The van der Waals surface area contributed by atoms with Crippen LogP contribution in [-0.4, -0.2) is 46.0 Å². The lowest BCUT2D eigenvalue weighted by molar-refractivity contribution is -0.125. The second-order valence-corrected chi connectivity index (χ2v) is 7.97. The third kappa shape index (κ3) is 3.95. The Morgan fingerprint density at radius 1 is 1.44 bits per heavy atom. The average molecular weight is 274 g/mol. The van der Waals surface area contributed by atoms with Gasteiger partial charge in [0.05, 0.1) is 11.7 Å². The molecule has 1 amide bonds. The van der Waals surface area contributed by atoms with Crippen molar-refractivity contribution in [1.29, 1.82) is 0 Å². The summed E-state index contributed by atoms with van der Waals surface area (Å²) in [6.45, 7) is 2.24. The molecular formula is C12H22N2O3S. The van der Waals surface area contributed by atoms with Crippen LogP contribution < -0.4 is 10.6 Å². The predicted octanol–water partition coefficient (Wildman–Crippen LogP) is -0.0730. The first kappa shape index (κ1) is 13.8. The summed E-state index contributed by atoms with van der Waals surface area (Å²) >= 11 is 0. The van der Waals surface area contributed by atoms with Gasteiger partial charge in [-0.25, -0.2) is 8.42 Å². The van der Waals surface area contributed by atoms with Crippen LogP contribution in [0.25, 0.3) is 0 Å². The Balaban J connectivity index is 1.79. The molecular weight excluding hydrogens is 252 g/mol. The first-order chi connectivity index (χ1) is 8.40. The van der Waals surface area contributed by atoms with Crippen LogP contribution in [0.2, 0.25) is 0 Å². The van der Waals surface area contributed by atoms with E-state index in [1.54, 1.807) is 0 Å². The Morgan fingerprint density at radius 2 is 2.17 bits per heavy atom. The fourth-order valence-corrected chi connectivity index (χ4v) is 4.10. The third-order valence-electron chi connectivity index (χ3n) is 3.83. The molecule has 2 fully saturated rings. The van der Waals surface area contributed by atoms with Gasteiger partial charge < -0.3 is 10.6 Å². The first-order valence-electron chi connectivity index (χ1n) is 6.56. The maximum absolute atomic E-state index is 11.9. The van der Waals surface area contributed by atoms with Gasteiger partial charge in [0.2, 0.25) is 5.91 Å². The molecule has 2 rings (SSSR count). The Hall–Kier alpha value is -0.620. The SMILES string of the molecule is CS(=O)(=O)CC1(CNC(=O)C2CCCNC2)CC1. The topological polar surface area (TPSA) is 75.3 Å². The van der Waals surface area contributed by atoms with E-state index in [4.69, 9.17) is 0 Å². The molecule has 6 heteroatoms. The molecule has 18 heavy (non-hydrogen) atoms. The quantitative estimate of drug-likeness (QED) is 0.736. The van der Waals surface area contributed by atoms with Gasteiger partial charge in [-0.15, -0.1) is 0 Å². The minimum absolute atomic E-state index is 0.0489. The highest BCUT2D eigenvalue weighted by Gasteiger charge is 2.45. The van der Waals surface area contributed by atoms with E-state index in [2.05, 4.69) is 10.6 Å². The lowest BCUT2D eigenvalue weighted by Crippen LogP contribution is -2.43. The zero-order chi connectivity index (χ0) is 13.2. The van der Waals surface area contributed by atoms with E-state index in [0.29, 0.717) is 6.54 Å². The molecule has 0 aromatic carbocycles. The van der Waals surface area contributed by atoms with Crippen molar-refractivity contribution in [2.45, 2.75) is 25.7 Å². The second kappa shape index (κ2) is 5.17. The van der Waals surface area contributed by atoms with Crippen molar-refractivity contribution in [2.75, 3.05) is 31.6 Å². The number of hydrogen-bond acceptors (Lipinski definition) is 4. The molecule has 2 N–H and O–H groups in total. The highest BCUT2D eigenvalue weighted by atomic mass is 32.2. The van der Waals surface area contributed by atoms with Crippen LogP contribution in [0.1, 0.15) is 25.7 Å². The molecule has 0 aromatic heterocycles. The Labute approximate surface area is 109 Å². The summed E-state index contributed by atoms with van der Waals surface area (Å²) in [5, 5.41) is 6.14. The van der Waals surface area contributed by atoms with Crippen molar-refractivity contribution in [3.8, 4) is 0 Å². The number of amides is 1. The van der Waals surface area contributed by atoms with Crippen molar-refractivity contribution in [3.05, 3.63) is 0 Å². The normalized spacial score (nSPS) is 26.6. The summed E-state index contributed by atoms with van der Waals surface area (Å²) in [4.78, 5) is 11.9. The molecule has 0 aromatic rings. The second-order valence-electron chi connectivity index (χ2n) is 5.83. The maximum atomic E-state index is 11.9. The zero-order valence-electron chi connectivity index (χ0n) is 10.9.